The third-order valence-electron chi connectivity index (χ3n) is 0.348. The Morgan fingerprint density at radius 1 is 1.33 bits per heavy atom. The molecule has 54 valence electrons. The fourth-order valence-corrected chi connectivity index (χ4v) is 0.0510. The first kappa shape index (κ1) is 15.7. The van der Waals surface area contributed by atoms with E-state index in [-0.39, 0.29) is 14.9 Å². The molecule has 9 heavy (non-hydrogen) atoms. The van der Waals surface area contributed by atoms with Gasteiger partial charge in [-0.25, -0.2) is 0 Å². The van der Waals surface area contributed by atoms with Crippen molar-refractivity contribution in [2.24, 2.45) is 0 Å². The van der Waals surface area contributed by atoms with Crippen LogP contribution in [0, 0.1) is 0 Å². The van der Waals surface area contributed by atoms with Gasteiger partial charge in [0.25, 0.3) is 0 Å². The van der Waals surface area contributed by atoms with Gasteiger partial charge in [-0.2, -0.15) is 0 Å². The molecule has 1 rings (SSSR count). The van der Waals surface area contributed by atoms with Gasteiger partial charge in [0.05, 0.1) is 0 Å². The summed E-state index contributed by atoms with van der Waals surface area (Å²) in [5, 5.41) is 0. The quantitative estimate of drug-likeness (QED) is 0.361. The Morgan fingerprint density at radius 3 is 1.44 bits per heavy atom. The Balaban J connectivity index is -0.0000000680. The Bertz CT molecular complexity index is 91.1. The summed E-state index contributed by atoms with van der Waals surface area (Å²) < 4.78 is 4.51. The molecule has 0 spiro atoms. The average Bonchev–Trinajstić information content (AvgIpc) is 2.25. The molecule has 0 aromatic carbocycles. The molecule has 1 heterocycles. The van der Waals surface area contributed by atoms with Gasteiger partial charge >= 0.3 is 0 Å². The third kappa shape index (κ3) is 42.6. The molecule has 1 fully saturated rings. The normalized spacial score (nSPS) is 9.56. The van der Waals surface area contributed by atoms with Gasteiger partial charge in [-0.05, 0) is 0 Å². The number of rotatable bonds is 0. The molecule has 0 aromatic heterocycles. The zero-order valence-corrected chi connectivity index (χ0v) is 4.24. The van der Waals surface area contributed by atoms with Gasteiger partial charge in [-0.15, -0.1) is 5.73 Å². The minimum atomic E-state index is 0. The van der Waals surface area contributed by atoms with E-state index in [9.17, 15) is 0 Å². The highest BCUT2D eigenvalue weighted by Crippen LogP contribution is 2.07. The summed E-state index contributed by atoms with van der Waals surface area (Å²) in [6.07, 6.45) is 0. The Kier molecular flexibility index (Phi) is 17.7. The first-order valence-electron chi connectivity index (χ1n) is 1.91. The summed E-state index contributed by atoms with van der Waals surface area (Å²) >= 11 is 0. The molecule has 0 saturated carbocycles. The molecule has 0 radical (unpaired) electrons. The highest BCUT2D eigenvalue weighted by atomic mass is 16.6. The summed E-state index contributed by atoms with van der Waals surface area (Å²) in [4.78, 5) is 0. The maximum atomic E-state index is 4.51. The molecule has 0 aliphatic carbocycles. The highest BCUT2D eigenvalue weighted by molar-refractivity contribution is 4.94. The van der Waals surface area contributed by atoms with Crippen LogP contribution in [0.1, 0.15) is 14.9 Å². The topological polar surface area (TPSA) is 12.5 Å². The van der Waals surface area contributed by atoms with Gasteiger partial charge in [0, 0.05) is 0 Å². The summed E-state index contributed by atoms with van der Waals surface area (Å²) in [6.45, 7) is 10.5. The van der Waals surface area contributed by atoms with Crippen molar-refractivity contribution >= 4 is 0 Å². The maximum absolute atomic E-state index is 4.51. The molecule has 0 atom stereocenters. The summed E-state index contributed by atoms with van der Waals surface area (Å²) in [5.41, 5.74) is 2.25. The summed E-state index contributed by atoms with van der Waals surface area (Å²) in [6, 6.07) is 0. The van der Waals surface area contributed by atoms with Crippen LogP contribution >= 0.6 is 0 Å². The predicted octanol–water partition coefficient (Wildman–Crippen LogP) is 2.76. The molecule has 0 bridgehead atoms. The van der Waals surface area contributed by atoms with Crippen LogP contribution in [0.25, 0.3) is 0 Å². The van der Waals surface area contributed by atoms with Crippen LogP contribution in [0.4, 0.5) is 0 Å². The van der Waals surface area contributed by atoms with Gasteiger partial charge < -0.3 is 4.74 Å². The number of epoxide rings is 1. The maximum Gasteiger partial charge on any atom is 0.144 e. The molecule has 0 aromatic rings. The zero-order chi connectivity index (χ0) is 5.70. The van der Waals surface area contributed by atoms with E-state index in [4.69, 9.17) is 0 Å². The second-order valence-corrected chi connectivity index (χ2v) is 1.08. The SMILES string of the molecule is C.C.C=C1CO1.C=C=C. The van der Waals surface area contributed by atoms with Crippen LogP contribution < -0.4 is 0 Å². The standard InChI is InChI=1S/C3H4O.C3H4.2CH4/c1-3-2-4-3;1-3-2;;/h1-2H2;1-2H2;2*1H4. The third-order valence-corrected chi connectivity index (χ3v) is 0.348. The number of ether oxygens (including phenoxy) is 1. The summed E-state index contributed by atoms with van der Waals surface area (Å²) in [5.74, 6) is 0.917. The molecular weight excluding hydrogens is 112 g/mol. The first-order chi connectivity index (χ1) is 3.31. The fraction of sp³-hybridized carbons (Fsp3) is 0.375. The zero-order valence-electron chi connectivity index (χ0n) is 4.24. The Hall–Kier alpha value is -0.940. The van der Waals surface area contributed by atoms with Crippen molar-refractivity contribution in [2.45, 2.75) is 14.9 Å². The van der Waals surface area contributed by atoms with Gasteiger partial charge in [-0.1, -0.05) is 34.6 Å². The van der Waals surface area contributed by atoms with Crippen molar-refractivity contribution < 1.29 is 4.74 Å². The van der Waals surface area contributed by atoms with E-state index >= 15 is 0 Å². The van der Waals surface area contributed by atoms with Crippen molar-refractivity contribution in [3.63, 3.8) is 0 Å². The van der Waals surface area contributed by atoms with Crippen LogP contribution in [0.2, 0.25) is 0 Å². The van der Waals surface area contributed by atoms with Gasteiger partial charge in [0.1, 0.15) is 12.4 Å². The molecule has 1 nitrogen and oxygen atoms in total. The van der Waals surface area contributed by atoms with Crippen molar-refractivity contribution in [3.05, 3.63) is 31.2 Å². The van der Waals surface area contributed by atoms with Crippen LogP contribution in [-0.4, -0.2) is 6.61 Å². The van der Waals surface area contributed by atoms with Crippen molar-refractivity contribution in [3.8, 4) is 0 Å². The van der Waals surface area contributed by atoms with Gasteiger partial charge in [0.2, 0.25) is 0 Å². The largest absolute Gasteiger partial charge is 0.487 e. The lowest BCUT2D eigenvalue weighted by Crippen LogP contribution is -1.21. The van der Waals surface area contributed by atoms with Gasteiger partial charge in [0.15, 0.2) is 0 Å². The summed E-state index contributed by atoms with van der Waals surface area (Å²) in [7, 11) is 0. The highest BCUT2D eigenvalue weighted by Gasteiger charge is 2.05. The van der Waals surface area contributed by atoms with E-state index in [1.165, 1.54) is 0 Å². The van der Waals surface area contributed by atoms with E-state index in [0.717, 1.165) is 12.4 Å². The number of hydrogen-bond donors (Lipinski definition) is 0. The molecule has 0 amide bonds. The second-order valence-electron chi connectivity index (χ2n) is 1.08. The van der Waals surface area contributed by atoms with Crippen LogP contribution in [0.15, 0.2) is 31.2 Å². The van der Waals surface area contributed by atoms with Crippen LogP contribution in [0.5, 0.6) is 0 Å². The lowest BCUT2D eigenvalue weighted by atomic mass is 10.8. The van der Waals surface area contributed by atoms with Crippen molar-refractivity contribution in [2.75, 3.05) is 6.61 Å². The van der Waals surface area contributed by atoms with E-state index in [1.807, 2.05) is 0 Å². The molecule has 1 heteroatoms. The lowest BCUT2D eigenvalue weighted by molar-refractivity contribution is 0.511. The van der Waals surface area contributed by atoms with E-state index in [1.54, 1.807) is 0 Å². The molecule has 1 aliphatic rings. The minimum Gasteiger partial charge on any atom is -0.487 e. The van der Waals surface area contributed by atoms with E-state index in [0.29, 0.717) is 0 Å². The molecule has 1 aliphatic heterocycles. The van der Waals surface area contributed by atoms with Crippen LogP contribution in [-0.2, 0) is 4.74 Å². The van der Waals surface area contributed by atoms with Crippen molar-refractivity contribution in [1.29, 1.82) is 0 Å². The van der Waals surface area contributed by atoms with Crippen LogP contribution in [0.3, 0.4) is 0 Å². The number of hydrogen-bond acceptors (Lipinski definition) is 1. The van der Waals surface area contributed by atoms with E-state index < -0.39 is 0 Å². The van der Waals surface area contributed by atoms with Crippen molar-refractivity contribution in [1.82, 2.24) is 0 Å². The Labute approximate surface area is 58.4 Å². The average molecular weight is 128 g/mol. The molecule has 0 N–H and O–H groups in total. The lowest BCUT2D eigenvalue weighted by Gasteiger charge is -1.39. The second kappa shape index (κ2) is 10.1. The predicted molar refractivity (Wildman–Crippen MR) is 43.3 cm³/mol. The fourth-order valence-electron chi connectivity index (χ4n) is 0.0510. The molecule has 1 saturated heterocycles. The molecular formula is C8H16O. The Morgan fingerprint density at radius 2 is 1.44 bits per heavy atom. The van der Waals surface area contributed by atoms with E-state index in [2.05, 4.69) is 30.2 Å². The monoisotopic (exact) mass is 128 g/mol. The van der Waals surface area contributed by atoms with Gasteiger partial charge in [-0.3, -0.25) is 0 Å². The smallest absolute Gasteiger partial charge is 0.144 e. The first-order valence-corrected chi connectivity index (χ1v) is 1.91. The molecule has 0 unspecified atom stereocenters. The minimum absolute atomic E-state index is 0.